The molecule has 14 heavy (non-hydrogen) atoms. The average molecular weight is 211 g/mol. The summed E-state index contributed by atoms with van der Waals surface area (Å²) in [6.07, 6.45) is 0. The van der Waals surface area contributed by atoms with E-state index in [4.69, 9.17) is 21.6 Å². The molecule has 0 amide bonds. The first-order valence-corrected chi connectivity index (χ1v) is 4.56. The molecule has 0 unspecified atom stereocenters. The molecule has 0 aromatic heterocycles. The molecule has 74 valence electrons. The second kappa shape index (κ2) is 5.48. The summed E-state index contributed by atoms with van der Waals surface area (Å²) in [6, 6.07) is 7.41. The van der Waals surface area contributed by atoms with Crippen molar-refractivity contribution >= 4 is 11.6 Å². The summed E-state index contributed by atoms with van der Waals surface area (Å²) in [5, 5.41) is 12.0. The Morgan fingerprint density at radius 1 is 1.57 bits per heavy atom. The molecule has 0 heterocycles. The van der Waals surface area contributed by atoms with Gasteiger partial charge in [0, 0.05) is 17.1 Å². The van der Waals surface area contributed by atoms with Crippen LogP contribution in [-0.2, 0) is 6.54 Å². The van der Waals surface area contributed by atoms with E-state index >= 15 is 0 Å². The molecule has 1 rings (SSSR count). The van der Waals surface area contributed by atoms with Crippen molar-refractivity contribution in [2.45, 2.75) is 6.54 Å². The van der Waals surface area contributed by atoms with Crippen molar-refractivity contribution in [3.05, 3.63) is 28.8 Å². The van der Waals surface area contributed by atoms with Gasteiger partial charge in [0.15, 0.2) is 0 Å². The zero-order chi connectivity index (χ0) is 10.4. The van der Waals surface area contributed by atoms with Gasteiger partial charge in [-0.25, -0.2) is 0 Å². The molecule has 0 saturated carbocycles. The Morgan fingerprint density at radius 3 is 3.00 bits per heavy atom. The highest BCUT2D eigenvalue weighted by Gasteiger charge is 2.02. The van der Waals surface area contributed by atoms with E-state index < -0.39 is 0 Å². The second-order valence-electron chi connectivity index (χ2n) is 2.72. The largest absolute Gasteiger partial charge is 0.496 e. The third-order valence-electron chi connectivity index (χ3n) is 1.76. The fourth-order valence-electron chi connectivity index (χ4n) is 1.14. The molecule has 0 bridgehead atoms. The summed E-state index contributed by atoms with van der Waals surface area (Å²) in [5.74, 6) is 0.778. The van der Waals surface area contributed by atoms with Gasteiger partial charge in [0.05, 0.1) is 19.7 Å². The SMILES string of the molecule is COc1ccc(Cl)cc1CNCC#N. The van der Waals surface area contributed by atoms with E-state index in [0.717, 1.165) is 11.3 Å². The van der Waals surface area contributed by atoms with Crippen LogP contribution in [0.5, 0.6) is 5.75 Å². The molecule has 3 nitrogen and oxygen atoms in total. The number of halogens is 1. The molecule has 0 radical (unpaired) electrons. The lowest BCUT2D eigenvalue weighted by Gasteiger charge is -2.08. The van der Waals surface area contributed by atoms with Crippen molar-refractivity contribution < 1.29 is 4.74 Å². The molecule has 0 spiro atoms. The van der Waals surface area contributed by atoms with E-state index in [9.17, 15) is 0 Å². The van der Waals surface area contributed by atoms with Crippen molar-refractivity contribution in [3.8, 4) is 11.8 Å². The zero-order valence-corrected chi connectivity index (χ0v) is 8.64. The number of nitrogens with one attached hydrogen (secondary N) is 1. The molecule has 0 aliphatic carbocycles. The highest BCUT2D eigenvalue weighted by Crippen LogP contribution is 2.22. The Labute approximate surface area is 88.3 Å². The van der Waals surface area contributed by atoms with Gasteiger partial charge in [-0.3, -0.25) is 0 Å². The van der Waals surface area contributed by atoms with Crippen LogP contribution in [0, 0.1) is 11.3 Å². The standard InChI is InChI=1S/C10H11ClN2O/c1-14-10-3-2-9(11)6-8(10)7-13-5-4-12/h2-3,6,13H,5,7H2,1H3. The number of benzene rings is 1. The summed E-state index contributed by atoms with van der Waals surface area (Å²) >= 11 is 5.84. The molecule has 0 aliphatic heterocycles. The smallest absolute Gasteiger partial charge is 0.123 e. The van der Waals surface area contributed by atoms with Gasteiger partial charge in [0.2, 0.25) is 0 Å². The molecule has 0 fully saturated rings. The van der Waals surface area contributed by atoms with Crippen LogP contribution in [0.4, 0.5) is 0 Å². The predicted octanol–water partition coefficient (Wildman–Crippen LogP) is 1.96. The van der Waals surface area contributed by atoms with Crippen LogP contribution >= 0.6 is 11.6 Å². The van der Waals surface area contributed by atoms with Gasteiger partial charge in [-0.2, -0.15) is 5.26 Å². The van der Waals surface area contributed by atoms with Crippen molar-refractivity contribution in [2.75, 3.05) is 13.7 Å². The third-order valence-corrected chi connectivity index (χ3v) is 2.00. The quantitative estimate of drug-likeness (QED) is 0.611. The highest BCUT2D eigenvalue weighted by atomic mass is 35.5. The average Bonchev–Trinajstić information content (AvgIpc) is 2.19. The number of ether oxygens (including phenoxy) is 1. The van der Waals surface area contributed by atoms with Crippen molar-refractivity contribution in [1.82, 2.24) is 5.32 Å². The minimum Gasteiger partial charge on any atom is -0.496 e. The molecule has 1 N–H and O–H groups in total. The summed E-state index contributed by atoms with van der Waals surface area (Å²) in [5.41, 5.74) is 0.954. The van der Waals surface area contributed by atoms with Gasteiger partial charge in [-0.15, -0.1) is 0 Å². The second-order valence-corrected chi connectivity index (χ2v) is 3.15. The van der Waals surface area contributed by atoms with E-state index in [2.05, 4.69) is 5.32 Å². The summed E-state index contributed by atoms with van der Waals surface area (Å²) in [7, 11) is 1.61. The fourth-order valence-corrected chi connectivity index (χ4v) is 1.33. The topological polar surface area (TPSA) is 45.0 Å². The molecular formula is C10H11ClN2O. The first-order valence-electron chi connectivity index (χ1n) is 4.18. The summed E-state index contributed by atoms with van der Waals surface area (Å²) in [4.78, 5) is 0. The Hall–Kier alpha value is -1.24. The van der Waals surface area contributed by atoms with Crippen LogP contribution in [-0.4, -0.2) is 13.7 Å². The molecule has 0 atom stereocenters. The Bertz CT molecular complexity index is 346. The van der Waals surface area contributed by atoms with Crippen molar-refractivity contribution in [2.24, 2.45) is 0 Å². The van der Waals surface area contributed by atoms with Crippen LogP contribution in [0.3, 0.4) is 0 Å². The molecular weight excluding hydrogens is 200 g/mol. The molecule has 0 saturated heterocycles. The van der Waals surface area contributed by atoms with Crippen molar-refractivity contribution in [3.63, 3.8) is 0 Å². The number of hydrogen-bond donors (Lipinski definition) is 1. The monoisotopic (exact) mass is 210 g/mol. The Balaban J connectivity index is 2.73. The number of nitriles is 1. The lowest BCUT2D eigenvalue weighted by atomic mass is 10.2. The van der Waals surface area contributed by atoms with Crippen LogP contribution in [0.2, 0.25) is 5.02 Å². The van der Waals surface area contributed by atoms with Gasteiger partial charge in [-0.1, -0.05) is 11.6 Å². The van der Waals surface area contributed by atoms with Crippen LogP contribution in [0.25, 0.3) is 0 Å². The number of nitrogens with zero attached hydrogens (tertiary/aromatic N) is 1. The van der Waals surface area contributed by atoms with Crippen molar-refractivity contribution in [1.29, 1.82) is 5.26 Å². The van der Waals surface area contributed by atoms with E-state index in [1.807, 2.05) is 18.2 Å². The first kappa shape index (κ1) is 10.8. The van der Waals surface area contributed by atoms with E-state index in [-0.39, 0.29) is 0 Å². The molecule has 4 heteroatoms. The van der Waals surface area contributed by atoms with Crippen LogP contribution in [0.1, 0.15) is 5.56 Å². The highest BCUT2D eigenvalue weighted by molar-refractivity contribution is 6.30. The van der Waals surface area contributed by atoms with E-state index in [1.165, 1.54) is 0 Å². The maximum atomic E-state index is 8.36. The van der Waals surface area contributed by atoms with Crippen LogP contribution < -0.4 is 10.1 Å². The number of rotatable bonds is 4. The van der Waals surface area contributed by atoms with Gasteiger partial charge in [0.1, 0.15) is 5.75 Å². The number of hydrogen-bond acceptors (Lipinski definition) is 3. The Morgan fingerprint density at radius 2 is 2.36 bits per heavy atom. The van der Waals surface area contributed by atoms with E-state index in [1.54, 1.807) is 13.2 Å². The lowest BCUT2D eigenvalue weighted by molar-refractivity contribution is 0.408. The third kappa shape index (κ3) is 2.91. The van der Waals surface area contributed by atoms with Crippen LogP contribution in [0.15, 0.2) is 18.2 Å². The number of methoxy groups -OCH3 is 1. The molecule has 1 aromatic rings. The maximum absolute atomic E-state index is 8.36. The predicted molar refractivity (Wildman–Crippen MR) is 55.3 cm³/mol. The summed E-state index contributed by atoms with van der Waals surface area (Å²) in [6.45, 7) is 0.896. The van der Waals surface area contributed by atoms with E-state index in [0.29, 0.717) is 18.1 Å². The minimum absolute atomic E-state index is 0.315. The maximum Gasteiger partial charge on any atom is 0.123 e. The minimum atomic E-state index is 0.315. The normalized spacial score (nSPS) is 9.50. The summed E-state index contributed by atoms with van der Waals surface area (Å²) < 4.78 is 5.15. The fraction of sp³-hybridized carbons (Fsp3) is 0.300. The Kier molecular flexibility index (Phi) is 4.24. The first-order chi connectivity index (χ1) is 6.77. The van der Waals surface area contributed by atoms with Gasteiger partial charge < -0.3 is 10.1 Å². The van der Waals surface area contributed by atoms with Gasteiger partial charge in [0.25, 0.3) is 0 Å². The molecule has 0 aliphatic rings. The lowest BCUT2D eigenvalue weighted by Crippen LogP contribution is -2.13. The van der Waals surface area contributed by atoms with Gasteiger partial charge in [-0.05, 0) is 18.2 Å². The van der Waals surface area contributed by atoms with Gasteiger partial charge >= 0.3 is 0 Å². The molecule has 1 aromatic carbocycles. The zero-order valence-electron chi connectivity index (χ0n) is 7.88.